The molecule has 0 spiro atoms. The third-order valence-corrected chi connectivity index (χ3v) is 2.97. The number of aliphatic carboxylic acids is 1. The topological polar surface area (TPSA) is 66.0 Å². The first-order chi connectivity index (χ1) is 8.88. The van der Waals surface area contributed by atoms with E-state index in [1.165, 1.54) is 12.1 Å². The second-order valence-corrected chi connectivity index (χ2v) is 5.12. The number of nitrogens with one attached hydrogen (secondary N) is 1. The molecule has 0 aliphatic rings. The van der Waals surface area contributed by atoms with Crippen LogP contribution in [0.25, 0.3) is 11.3 Å². The van der Waals surface area contributed by atoms with Crippen molar-refractivity contribution in [2.45, 2.75) is 20.3 Å². The number of hydrogen-bond donors (Lipinski definition) is 2. The summed E-state index contributed by atoms with van der Waals surface area (Å²) < 4.78 is 12.8. The third-order valence-electron chi connectivity index (χ3n) is 2.97. The van der Waals surface area contributed by atoms with Crippen molar-refractivity contribution < 1.29 is 14.3 Å². The van der Waals surface area contributed by atoms with Crippen LogP contribution in [-0.4, -0.2) is 21.0 Å². The van der Waals surface area contributed by atoms with Crippen LogP contribution >= 0.6 is 0 Å². The number of carbonyl (C=O) groups is 1. The van der Waals surface area contributed by atoms with Crippen molar-refractivity contribution in [2.75, 3.05) is 0 Å². The lowest BCUT2D eigenvalue weighted by Gasteiger charge is -2.16. The van der Waals surface area contributed by atoms with Crippen LogP contribution in [0.3, 0.4) is 0 Å². The molecule has 0 radical (unpaired) electrons. The van der Waals surface area contributed by atoms with Crippen LogP contribution in [0.4, 0.5) is 4.39 Å². The zero-order valence-corrected chi connectivity index (χ0v) is 10.8. The largest absolute Gasteiger partial charge is 0.481 e. The van der Waals surface area contributed by atoms with Crippen molar-refractivity contribution in [1.29, 1.82) is 0 Å². The van der Waals surface area contributed by atoms with Gasteiger partial charge in [-0.25, -0.2) is 9.37 Å². The number of H-pyrrole nitrogens is 1. The number of halogens is 1. The first kappa shape index (κ1) is 13.3. The van der Waals surface area contributed by atoms with E-state index in [4.69, 9.17) is 5.11 Å². The molecule has 0 aliphatic heterocycles. The molecule has 2 rings (SSSR count). The zero-order valence-electron chi connectivity index (χ0n) is 10.8. The molecule has 100 valence electrons. The van der Waals surface area contributed by atoms with Crippen molar-refractivity contribution in [3.63, 3.8) is 0 Å². The zero-order chi connectivity index (χ0) is 14.0. The lowest BCUT2D eigenvalue weighted by molar-refractivity contribution is -0.146. The van der Waals surface area contributed by atoms with Gasteiger partial charge in [0.25, 0.3) is 0 Å². The monoisotopic (exact) mass is 262 g/mol. The van der Waals surface area contributed by atoms with E-state index >= 15 is 0 Å². The van der Waals surface area contributed by atoms with Crippen molar-refractivity contribution in [1.82, 2.24) is 9.97 Å². The molecule has 1 aromatic heterocycles. The van der Waals surface area contributed by atoms with Gasteiger partial charge in [0.1, 0.15) is 11.6 Å². The van der Waals surface area contributed by atoms with Gasteiger partial charge in [0.15, 0.2) is 0 Å². The van der Waals surface area contributed by atoms with E-state index in [2.05, 4.69) is 9.97 Å². The maximum absolute atomic E-state index is 12.8. The van der Waals surface area contributed by atoms with Crippen molar-refractivity contribution >= 4 is 5.97 Å². The fraction of sp³-hybridized carbons (Fsp3) is 0.286. The molecular weight excluding hydrogens is 247 g/mol. The minimum atomic E-state index is -0.877. The Kier molecular flexibility index (Phi) is 3.38. The minimum Gasteiger partial charge on any atom is -0.481 e. The first-order valence-corrected chi connectivity index (χ1v) is 5.92. The second kappa shape index (κ2) is 4.84. The second-order valence-electron chi connectivity index (χ2n) is 5.12. The van der Waals surface area contributed by atoms with Gasteiger partial charge in [-0.1, -0.05) is 0 Å². The highest BCUT2D eigenvalue weighted by atomic mass is 19.1. The van der Waals surface area contributed by atoms with Gasteiger partial charge in [-0.05, 0) is 43.7 Å². The third kappa shape index (κ3) is 2.99. The molecule has 0 saturated heterocycles. The van der Waals surface area contributed by atoms with E-state index in [9.17, 15) is 9.18 Å². The summed E-state index contributed by atoms with van der Waals surface area (Å²) in [5, 5.41) is 9.07. The average molecular weight is 262 g/mol. The molecule has 2 aromatic rings. The number of imidazole rings is 1. The summed E-state index contributed by atoms with van der Waals surface area (Å²) >= 11 is 0. The predicted octanol–water partition coefficient (Wildman–Crippen LogP) is 2.87. The number of benzene rings is 1. The van der Waals surface area contributed by atoms with E-state index in [0.717, 1.165) is 11.3 Å². The maximum atomic E-state index is 12.8. The van der Waals surface area contributed by atoms with Gasteiger partial charge in [-0.2, -0.15) is 0 Å². The number of aromatic nitrogens is 2. The highest BCUT2D eigenvalue weighted by molar-refractivity contribution is 5.73. The number of nitrogens with zero attached hydrogens (tertiary/aromatic N) is 1. The summed E-state index contributed by atoms with van der Waals surface area (Å²) in [7, 11) is 0. The van der Waals surface area contributed by atoms with E-state index in [0.29, 0.717) is 12.2 Å². The molecule has 0 aliphatic carbocycles. The molecule has 1 aromatic carbocycles. The SMILES string of the molecule is CC(C)(Cc1ncc(-c2ccc(F)cc2)[nH]1)C(=O)O. The molecule has 0 unspecified atom stereocenters. The number of carboxylic acids is 1. The number of carboxylic acid groups (broad SMARTS) is 1. The van der Waals surface area contributed by atoms with Crippen molar-refractivity contribution in [3.8, 4) is 11.3 Å². The molecule has 5 heteroatoms. The van der Waals surface area contributed by atoms with Gasteiger partial charge >= 0.3 is 5.97 Å². The summed E-state index contributed by atoms with van der Waals surface area (Å²) in [5.74, 6) is -0.561. The van der Waals surface area contributed by atoms with Crippen LogP contribution in [0.5, 0.6) is 0 Å². The molecule has 4 nitrogen and oxygen atoms in total. The summed E-state index contributed by atoms with van der Waals surface area (Å²) in [5.41, 5.74) is 0.683. The van der Waals surface area contributed by atoms with E-state index in [1.54, 1.807) is 32.2 Å². The van der Waals surface area contributed by atoms with Crippen LogP contribution in [0.2, 0.25) is 0 Å². The van der Waals surface area contributed by atoms with E-state index in [-0.39, 0.29) is 5.82 Å². The Balaban J connectivity index is 2.20. The summed E-state index contributed by atoms with van der Waals surface area (Å²) in [6.07, 6.45) is 1.93. The van der Waals surface area contributed by atoms with Crippen molar-refractivity contribution in [3.05, 3.63) is 42.1 Å². The molecule has 0 amide bonds. The van der Waals surface area contributed by atoms with Gasteiger partial charge in [-0.3, -0.25) is 4.79 Å². The summed E-state index contributed by atoms with van der Waals surface area (Å²) in [4.78, 5) is 18.3. The smallest absolute Gasteiger partial charge is 0.309 e. The normalized spacial score (nSPS) is 11.5. The molecule has 0 fully saturated rings. The average Bonchev–Trinajstić information content (AvgIpc) is 2.77. The van der Waals surface area contributed by atoms with Crippen LogP contribution in [0.15, 0.2) is 30.5 Å². The van der Waals surface area contributed by atoms with Gasteiger partial charge < -0.3 is 10.1 Å². The van der Waals surface area contributed by atoms with Gasteiger partial charge in [0.05, 0.1) is 17.3 Å². The number of rotatable bonds is 4. The Morgan fingerprint density at radius 1 is 1.37 bits per heavy atom. The predicted molar refractivity (Wildman–Crippen MR) is 69.1 cm³/mol. The molecule has 19 heavy (non-hydrogen) atoms. The fourth-order valence-electron chi connectivity index (χ4n) is 1.72. The lowest BCUT2D eigenvalue weighted by Crippen LogP contribution is -2.26. The van der Waals surface area contributed by atoms with Crippen molar-refractivity contribution in [2.24, 2.45) is 5.41 Å². The fourth-order valence-corrected chi connectivity index (χ4v) is 1.72. The highest BCUT2D eigenvalue weighted by Gasteiger charge is 2.28. The van der Waals surface area contributed by atoms with E-state index in [1.807, 2.05) is 0 Å². The Morgan fingerprint density at radius 3 is 2.58 bits per heavy atom. The van der Waals surface area contributed by atoms with Crippen LogP contribution in [-0.2, 0) is 11.2 Å². The van der Waals surface area contributed by atoms with Crippen LogP contribution in [0.1, 0.15) is 19.7 Å². The molecule has 0 bridgehead atoms. The Hall–Kier alpha value is -2.17. The molecular formula is C14H15FN2O2. The molecule has 2 N–H and O–H groups in total. The van der Waals surface area contributed by atoms with E-state index < -0.39 is 11.4 Å². The lowest BCUT2D eigenvalue weighted by atomic mass is 9.89. The Morgan fingerprint density at radius 2 is 2.00 bits per heavy atom. The number of hydrogen-bond acceptors (Lipinski definition) is 2. The van der Waals surface area contributed by atoms with Gasteiger partial charge in [-0.15, -0.1) is 0 Å². The Bertz CT molecular complexity index is 588. The molecule has 0 atom stereocenters. The van der Waals surface area contributed by atoms with Crippen LogP contribution in [0, 0.1) is 11.2 Å². The highest BCUT2D eigenvalue weighted by Crippen LogP contribution is 2.23. The molecule has 0 saturated carbocycles. The number of aromatic amines is 1. The molecule has 1 heterocycles. The summed E-state index contributed by atoms with van der Waals surface area (Å²) in [6.45, 7) is 3.30. The maximum Gasteiger partial charge on any atom is 0.309 e. The van der Waals surface area contributed by atoms with Crippen LogP contribution < -0.4 is 0 Å². The summed E-state index contributed by atoms with van der Waals surface area (Å²) in [6, 6.07) is 6.04. The Labute approximate surface area is 110 Å². The standard InChI is InChI=1S/C14H15FN2O2/c1-14(2,13(18)19)7-12-16-8-11(17-12)9-3-5-10(15)6-4-9/h3-6,8H,7H2,1-2H3,(H,16,17)(H,18,19). The quantitative estimate of drug-likeness (QED) is 0.890. The van der Waals surface area contributed by atoms with Gasteiger partial charge in [0, 0.05) is 6.42 Å². The minimum absolute atomic E-state index is 0.296. The first-order valence-electron chi connectivity index (χ1n) is 5.92. The van der Waals surface area contributed by atoms with Gasteiger partial charge in [0.2, 0.25) is 0 Å².